The first-order chi connectivity index (χ1) is 12.2. The van der Waals surface area contributed by atoms with Crippen molar-refractivity contribution >= 4 is 17.2 Å². The lowest BCUT2D eigenvalue weighted by Crippen LogP contribution is -2.50. The molecule has 0 unspecified atom stereocenters. The van der Waals surface area contributed by atoms with Crippen molar-refractivity contribution < 1.29 is 13.9 Å². The lowest BCUT2D eigenvalue weighted by Gasteiger charge is -2.35. The molecule has 2 aromatic rings. The minimum atomic E-state index is -0.271. The van der Waals surface area contributed by atoms with Gasteiger partial charge in [-0.15, -0.1) is 11.3 Å². The van der Waals surface area contributed by atoms with E-state index in [2.05, 4.69) is 10.2 Å². The van der Waals surface area contributed by atoms with Crippen molar-refractivity contribution in [1.82, 2.24) is 10.2 Å². The average Bonchev–Trinajstić information content (AvgIpc) is 3.29. The molecule has 1 aromatic heterocycles. The third kappa shape index (κ3) is 3.61. The van der Waals surface area contributed by atoms with Gasteiger partial charge in [-0.05, 0) is 37.6 Å². The van der Waals surface area contributed by atoms with Crippen LogP contribution in [0.15, 0.2) is 36.4 Å². The van der Waals surface area contributed by atoms with Crippen LogP contribution in [0.4, 0.5) is 4.39 Å². The molecule has 0 saturated carbocycles. The van der Waals surface area contributed by atoms with Crippen molar-refractivity contribution in [2.75, 3.05) is 26.2 Å². The fourth-order valence-electron chi connectivity index (χ4n) is 3.57. The fourth-order valence-corrected chi connectivity index (χ4v) is 4.52. The monoisotopic (exact) mass is 360 g/mol. The van der Waals surface area contributed by atoms with E-state index in [0.29, 0.717) is 23.0 Å². The summed E-state index contributed by atoms with van der Waals surface area (Å²) in [5, 5.41) is 2.95. The van der Waals surface area contributed by atoms with Gasteiger partial charge in [-0.1, -0.05) is 18.2 Å². The summed E-state index contributed by atoms with van der Waals surface area (Å²) in [5.74, 6) is -0.396. The number of hydrogen-bond donors (Lipinski definition) is 1. The zero-order valence-corrected chi connectivity index (χ0v) is 14.7. The molecule has 0 bridgehead atoms. The zero-order valence-electron chi connectivity index (χ0n) is 13.9. The van der Waals surface area contributed by atoms with Crippen LogP contribution >= 0.6 is 11.3 Å². The molecular weight excluding hydrogens is 339 g/mol. The normalized spacial score (nSPS) is 23.4. The minimum Gasteiger partial charge on any atom is -0.373 e. The van der Waals surface area contributed by atoms with Crippen LogP contribution in [0.2, 0.25) is 0 Å². The Bertz CT molecular complexity index is 763. The van der Waals surface area contributed by atoms with E-state index in [1.54, 1.807) is 30.3 Å². The van der Waals surface area contributed by atoms with Crippen LogP contribution in [-0.2, 0) is 4.74 Å². The molecule has 2 aliphatic heterocycles. The Morgan fingerprint density at radius 1 is 1.32 bits per heavy atom. The van der Waals surface area contributed by atoms with Gasteiger partial charge in [0.15, 0.2) is 0 Å². The van der Waals surface area contributed by atoms with Gasteiger partial charge < -0.3 is 10.1 Å². The van der Waals surface area contributed by atoms with Gasteiger partial charge in [-0.25, -0.2) is 4.39 Å². The van der Waals surface area contributed by atoms with Crippen LogP contribution in [0, 0.1) is 5.82 Å². The largest absolute Gasteiger partial charge is 0.373 e. The highest BCUT2D eigenvalue weighted by Crippen LogP contribution is 2.30. The van der Waals surface area contributed by atoms with Crippen molar-refractivity contribution in [2.24, 2.45) is 0 Å². The second kappa shape index (κ2) is 7.23. The molecule has 1 aromatic carbocycles. The summed E-state index contributed by atoms with van der Waals surface area (Å²) in [6, 6.07) is 10.7. The second-order valence-electron chi connectivity index (χ2n) is 6.60. The van der Waals surface area contributed by atoms with Crippen LogP contribution in [0.25, 0.3) is 10.4 Å². The Balaban J connectivity index is 1.35. The van der Waals surface area contributed by atoms with Crippen molar-refractivity contribution in [3.63, 3.8) is 0 Å². The van der Waals surface area contributed by atoms with Gasteiger partial charge in [0, 0.05) is 29.6 Å². The Hall–Kier alpha value is -1.76. The van der Waals surface area contributed by atoms with E-state index in [1.165, 1.54) is 30.2 Å². The summed E-state index contributed by atoms with van der Waals surface area (Å²) in [6.07, 6.45) is 2.50. The maximum atomic E-state index is 13.9. The molecule has 132 valence electrons. The SMILES string of the molecule is O=C(NC[C@@H]1CN2CCC[C@H]2CO1)c1ccc(-c2ccccc2F)s1. The smallest absolute Gasteiger partial charge is 0.261 e. The zero-order chi connectivity index (χ0) is 17.2. The summed E-state index contributed by atoms with van der Waals surface area (Å²) in [7, 11) is 0. The number of ether oxygens (including phenoxy) is 1. The number of benzene rings is 1. The lowest BCUT2D eigenvalue weighted by molar-refractivity contribution is -0.0461. The Labute approximate surface area is 150 Å². The van der Waals surface area contributed by atoms with Crippen molar-refractivity contribution in [3.05, 3.63) is 47.1 Å². The standard InChI is InChI=1S/C19H21FN2O2S/c20-16-6-2-1-5-15(16)17-7-8-18(25-17)19(23)21-10-14-11-22-9-3-4-13(22)12-24-14/h1-2,5-8,13-14H,3-4,9-12H2,(H,21,23)/t13-,14+/m0/s1. The van der Waals surface area contributed by atoms with Gasteiger partial charge in [-0.2, -0.15) is 0 Å². The summed E-state index contributed by atoms with van der Waals surface area (Å²) in [6.45, 7) is 3.29. The van der Waals surface area contributed by atoms with E-state index in [1.807, 2.05) is 0 Å². The molecule has 6 heteroatoms. The Morgan fingerprint density at radius 3 is 3.08 bits per heavy atom. The molecule has 0 spiro atoms. The summed E-state index contributed by atoms with van der Waals surface area (Å²) < 4.78 is 19.7. The second-order valence-corrected chi connectivity index (χ2v) is 7.68. The van der Waals surface area contributed by atoms with Crippen LogP contribution in [0.5, 0.6) is 0 Å². The number of fused-ring (bicyclic) bond motifs is 1. The van der Waals surface area contributed by atoms with E-state index in [0.717, 1.165) is 24.6 Å². The highest BCUT2D eigenvalue weighted by molar-refractivity contribution is 7.17. The number of morpholine rings is 1. The summed E-state index contributed by atoms with van der Waals surface area (Å²) in [4.78, 5) is 16.2. The molecule has 3 heterocycles. The van der Waals surface area contributed by atoms with Gasteiger partial charge in [0.05, 0.1) is 17.6 Å². The van der Waals surface area contributed by atoms with Crippen LogP contribution in [0.1, 0.15) is 22.5 Å². The van der Waals surface area contributed by atoms with E-state index in [9.17, 15) is 9.18 Å². The van der Waals surface area contributed by atoms with E-state index in [-0.39, 0.29) is 17.8 Å². The molecule has 0 aliphatic carbocycles. The first-order valence-electron chi connectivity index (χ1n) is 8.69. The molecule has 2 saturated heterocycles. The molecule has 2 atom stereocenters. The number of nitrogens with zero attached hydrogens (tertiary/aromatic N) is 1. The summed E-state index contributed by atoms with van der Waals surface area (Å²) in [5.41, 5.74) is 0.530. The van der Waals surface area contributed by atoms with Crippen LogP contribution in [-0.4, -0.2) is 49.2 Å². The minimum absolute atomic E-state index is 0.0456. The number of thiophene rings is 1. The number of nitrogens with one attached hydrogen (secondary N) is 1. The molecule has 0 radical (unpaired) electrons. The first kappa shape index (κ1) is 16.7. The van der Waals surface area contributed by atoms with Crippen LogP contribution in [0.3, 0.4) is 0 Å². The lowest BCUT2D eigenvalue weighted by atomic mass is 10.2. The van der Waals surface area contributed by atoms with Crippen LogP contribution < -0.4 is 5.32 Å². The van der Waals surface area contributed by atoms with Crippen molar-refractivity contribution in [3.8, 4) is 10.4 Å². The fraction of sp³-hybridized carbons (Fsp3) is 0.421. The number of carbonyl (C=O) groups excluding carboxylic acids is 1. The first-order valence-corrected chi connectivity index (χ1v) is 9.51. The van der Waals surface area contributed by atoms with Gasteiger partial charge in [0.25, 0.3) is 5.91 Å². The molecule has 2 fully saturated rings. The molecular formula is C19H21FN2O2S. The maximum Gasteiger partial charge on any atom is 0.261 e. The molecule has 25 heavy (non-hydrogen) atoms. The van der Waals surface area contributed by atoms with E-state index in [4.69, 9.17) is 4.74 Å². The van der Waals surface area contributed by atoms with E-state index < -0.39 is 0 Å². The topological polar surface area (TPSA) is 41.6 Å². The molecule has 4 rings (SSSR count). The maximum absolute atomic E-state index is 13.9. The molecule has 1 amide bonds. The Kier molecular flexibility index (Phi) is 4.83. The van der Waals surface area contributed by atoms with Gasteiger partial charge in [-0.3, -0.25) is 9.69 Å². The van der Waals surface area contributed by atoms with Gasteiger partial charge >= 0.3 is 0 Å². The Morgan fingerprint density at radius 2 is 2.20 bits per heavy atom. The van der Waals surface area contributed by atoms with Crippen molar-refractivity contribution in [1.29, 1.82) is 0 Å². The highest BCUT2D eigenvalue weighted by Gasteiger charge is 2.32. The molecule has 4 nitrogen and oxygen atoms in total. The molecule has 2 aliphatic rings. The quantitative estimate of drug-likeness (QED) is 0.911. The number of carbonyl (C=O) groups is 1. The highest BCUT2D eigenvalue weighted by atomic mass is 32.1. The van der Waals surface area contributed by atoms with Gasteiger partial charge in [0.1, 0.15) is 5.82 Å². The predicted octanol–water partition coefficient (Wildman–Crippen LogP) is 3.15. The van der Waals surface area contributed by atoms with Crippen molar-refractivity contribution in [2.45, 2.75) is 25.0 Å². The number of halogens is 1. The summed E-state index contributed by atoms with van der Waals surface area (Å²) >= 11 is 1.31. The predicted molar refractivity (Wildman–Crippen MR) is 96.4 cm³/mol. The third-order valence-electron chi connectivity index (χ3n) is 4.92. The number of rotatable bonds is 4. The third-order valence-corrected chi connectivity index (χ3v) is 6.04. The van der Waals surface area contributed by atoms with E-state index >= 15 is 0 Å². The average molecular weight is 360 g/mol. The van der Waals surface area contributed by atoms with Gasteiger partial charge in [0.2, 0.25) is 0 Å². The number of amides is 1. The molecule has 1 N–H and O–H groups in total. The number of hydrogen-bond acceptors (Lipinski definition) is 4.